The van der Waals surface area contributed by atoms with E-state index in [0.29, 0.717) is 12.2 Å². The number of hydrogen-bond donors (Lipinski definition) is 1. The molecule has 0 bridgehead atoms. The van der Waals surface area contributed by atoms with E-state index in [1.165, 1.54) is 22.5 Å². The number of thioether (sulfide) groups is 1. The highest BCUT2D eigenvalue weighted by molar-refractivity contribution is 8.00. The molecule has 5 heteroatoms. The molecule has 0 aromatic heterocycles. The van der Waals surface area contributed by atoms with Gasteiger partial charge in [0.25, 0.3) is 0 Å². The van der Waals surface area contributed by atoms with Crippen LogP contribution in [0.4, 0.5) is 11.4 Å². The lowest BCUT2D eigenvalue weighted by atomic mass is 10.1. The van der Waals surface area contributed by atoms with Gasteiger partial charge in [-0.2, -0.15) is 0 Å². The molecule has 1 saturated heterocycles. The van der Waals surface area contributed by atoms with Crippen molar-refractivity contribution in [2.24, 2.45) is 0 Å². The van der Waals surface area contributed by atoms with Crippen LogP contribution in [0.1, 0.15) is 12.8 Å². The van der Waals surface area contributed by atoms with Crippen molar-refractivity contribution in [3.05, 3.63) is 66.7 Å². The highest BCUT2D eigenvalue weighted by atomic mass is 32.2. The van der Waals surface area contributed by atoms with Gasteiger partial charge in [-0.05, 0) is 53.6 Å². The number of nitrogens with zero attached hydrogens (tertiary/aromatic N) is 1. The normalized spacial score (nSPS) is 13.9. The molecule has 136 valence electrons. The summed E-state index contributed by atoms with van der Waals surface area (Å²) < 4.78 is 0. The Bertz CT molecular complexity index is 985. The number of carbonyl (C=O) groups excluding carboxylic acids is 2. The van der Waals surface area contributed by atoms with Gasteiger partial charge < -0.3 is 10.2 Å². The first-order valence-corrected chi connectivity index (χ1v) is 9.99. The number of hydrogen-bond acceptors (Lipinski definition) is 3. The molecule has 1 N–H and O–H groups in total. The lowest BCUT2D eigenvalue weighted by molar-refractivity contribution is -0.117. The summed E-state index contributed by atoms with van der Waals surface area (Å²) in [4.78, 5) is 26.9. The third-order valence-electron chi connectivity index (χ3n) is 4.63. The first kappa shape index (κ1) is 17.6. The Hall–Kier alpha value is -2.79. The van der Waals surface area contributed by atoms with Crippen molar-refractivity contribution in [3.8, 4) is 0 Å². The minimum atomic E-state index is -0.0434. The van der Waals surface area contributed by atoms with Crippen LogP contribution in [-0.4, -0.2) is 24.1 Å². The van der Waals surface area contributed by atoms with E-state index in [-0.39, 0.29) is 11.8 Å². The Kier molecular flexibility index (Phi) is 5.12. The van der Waals surface area contributed by atoms with E-state index in [0.717, 1.165) is 29.2 Å². The van der Waals surface area contributed by atoms with Crippen LogP contribution < -0.4 is 10.2 Å². The van der Waals surface area contributed by atoms with Gasteiger partial charge in [0.1, 0.15) is 0 Å². The average molecular weight is 376 g/mol. The van der Waals surface area contributed by atoms with Gasteiger partial charge in [-0.25, -0.2) is 0 Å². The molecule has 4 rings (SSSR count). The van der Waals surface area contributed by atoms with Crippen LogP contribution in [0, 0.1) is 0 Å². The second kappa shape index (κ2) is 7.84. The molecule has 3 aromatic carbocycles. The van der Waals surface area contributed by atoms with Crippen LogP contribution >= 0.6 is 11.8 Å². The summed E-state index contributed by atoms with van der Waals surface area (Å²) in [5.41, 5.74) is 1.63. The zero-order chi connectivity index (χ0) is 18.6. The van der Waals surface area contributed by atoms with Gasteiger partial charge in [-0.15, -0.1) is 11.8 Å². The first-order chi connectivity index (χ1) is 13.2. The van der Waals surface area contributed by atoms with Gasteiger partial charge in [-0.1, -0.05) is 30.3 Å². The van der Waals surface area contributed by atoms with E-state index in [9.17, 15) is 9.59 Å². The van der Waals surface area contributed by atoms with E-state index < -0.39 is 0 Å². The molecule has 1 aliphatic heterocycles. The van der Waals surface area contributed by atoms with Crippen molar-refractivity contribution >= 4 is 45.7 Å². The Morgan fingerprint density at radius 2 is 1.78 bits per heavy atom. The molecule has 0 unspecified atom stereocenters. The van der Waals surface area contributed by atoms with E-state index >= 15 is 0 Å². The predicted molar refractivity (Wildman–Crippen MR) is 111 cm³/mol. The van der Waals surface area contributed by atoms with E-state index in [4.69, 9.17) is 0 Å². The van der Waals surface area contributed by atoms with Gasteiger partial charge in [0.2, 0.25) is 11.8 Å². The monoisotopic (exact) mass is 376 g/mol. The topological polar surface area (TPSA) is 49.4 Å². The molecule has 27 heavy (non-hydrogen) atoms. The summed E-state index contributed by atoms with van der Waals surface area (Å²) in [6.45, 7) is 0.771. The standard InChI is InChI=1S/C22H20N2O2S/c25-21(15-27-20-12-7-16-4-1-2-5-17(16)14-20)23-18-8-10-19(11-9-18)24-13-3-6-22(24)26/h1-2,4-5,7-12,14H,3,6,13,15H2,(H,23,25). The quantitative estimate of drug-likeness (QED) is 0.657. The van der Waals surface area contributed by atoms with Crippen molar-refractivity contribution in [1.82, 2.24) is 0 Å². The minimum Gasteiger partial charge on any atom is -0.325 e. The van der Waals surface area contributed by atoms with E-state index in [1.54, 1.807) is 4.90 Å². The lowest BCUT2D eigenvalue weighted by Gasteiger charge is -2.16. The molecule has 1 heterocycles. The molecule has 3 aromatic rings. The minimum absolute atomic E-state index is 0.0434. The number of benzene rings is 3. The molecule has 1 aliphatic rings. The van der Waals surface area contributed by atoms with Crippen LogP contribution in [0.2, 0.25) is 0 Å². The molecule has 4 nitrogen and oxygen atoms in total. The van der Waals surface area contributed by atoms with E-state index in [2.05, 4.69) is 29.6 Å². The van der Waals surface area contributed by atoms with Gasteiger partial charge in [-0.3, -0.25) is 9.59 Å². The molecule has 0 radical (unpaired) electrons. The number of fused-ring (bicyclic) bond motifs is 1. The molecular formula is C22H20N2O2S. The molecule has 2 amide bonds. The number of rotatable bonds is 5. The third kappa shape index (κ3) is 4.14. The maximum Gasteiger partial charge on any atom is 0.234 e. The molecule has 0 saturated carbocycles. The maximum absolute atomic E-state index is 12.2. The van der Waals surface area contributed by atoms with Crippen molar-refractivity contribution in [1.29, 1.82) is 0 Å². The van der Waals surface area contributed by atoms with Crippen LogP contribution in [0.3, 0.4) is 0 Å². The highest BCUT2D eigenvalue weighted by Crippen LogP contribution is 2.25. The highest BCUT2D eigenvalue weighted by Gasteiger charge is 2.21. The fraction of sp³-hybridized carbons (Fsp3) is 0.182. The zero-order valence-corrected chi connectivity index (χ0v) is 15.7. The number of nitrogens with one attached hydrogen (secondary N) is 1. The van der Waals surface area contributed by atoms with Crippen molar-refractivity contribution < 1.29 is 9.59 Å². The largest absolute Gasteiger partial charge is 0.325 e. The van der Waals surface area contributed by atoms with E-state index in [1.807, 2.05) is 42.5 Å². The third-order valence-corrected chi connectivity index (χ3v) is 5.62. The zero-order valence-electron chi connectivity index (χ0n) is 14.9. The second-order valence-corrected chi connectivity index (χ2v) is 7.59. The molecular weight excluding hydrogens is 356 g/mol. The Morgan fingerprint density at radius 3 is 2.52 bits per heavy atom. The fourth-order valence-electron chi connectivity index (χ4n) is 3.25. The number of anilines is 2. The van der Waals surface area contributed by atoms with Crippen molar-refractivity contribution in [2.45, 2.75) is 17.7 Å². The Labute approximate surface area is 162 Å². The van der Waals surface area contributed by atoms with Gasteiger partial charge in [0.05, 0.1) is 5.75 Å². The Morgan fingerprint density at radius 1 is 1.00 bits per heavy atom. The fourth-order valence-corrected chi connectivity index (χ4v) is 3.99. The SMILES string of the molecule is O=C(CSc1ccc2ccccc2c1)Nc1ccc(N2CCCC2=O)cc1. The molecule has 0 atom stereocenters. The summed E-state index contributed by atoms with van der Waals surface area (Å²) in [5, 5.41) is 5.29. The second-order valence-electron chi connectivity index (χ2n) is 6.54. The number of carbonyl (C=O) groups is 2. The average Bonchev–Trinajstić information content (AvgIpc) is 3.13. The predicted octanol–water partition coefficient (Wildman–Crippen LogP) is 4.70. The maximum atomic E-state index is 12.2. The van der Waals surface area contributed by atoms with Gasteiger partial charge in [0.15, 0.2) is 0 Å². The van der Waals surface area contributed by atoms with Gasteiger partial charge >= 0.3 is 0 Å². The van der Waals surface area contributed by atoms with Crippen LogP contribution in [-0.2, 0) is 9.59 Å². The smallest absolute Gasteiger partial charge is 0.234 e. The lowest BCUT2D eigenvalue weighted by Crippen LogP contribution is -2.23. The molecule has 0 aliphatic carbocycles. The molecule has 0 spiro atoms. The van der Waals surface area contributed by atoms with Crippen LogP contribution in [0.5, 0.6) is 0 Å². The summed E-state index contributed by atoms with van der Waals surface area (Å²) in [6, 6.07) is 21.9. The number of amides is 2. The van der Waals surface area contributed by atoms with Crippen LogP contribution in [0.15, 0.2) is 71.6 Å². The first-order valence-electron chi connectivity index (χ1n) is 9.01. The Balaban J connectivity index is 1.34. The summed E-state index contributed by atoms with van der Waals surface area (Å²) >= 11 is 1.52. The summed E-state index contributed by atoms with van der Waals surface area (Å²) in [6.07, 6.45) is 1.52. The van der Waals surface area contributed by atoms with Crippen molar-refractivity contribution in [3.63, 3.8) is 0 Å². The summed E-state index contributed by atoms with van der Waals surface area (Å²) in [5.74, 6) is 0.474. The summed E-state index contributed by atoms with van der Waals surface area (Å²) in [7, 11) is 0. The van der Waals surface area contributed by atoms with Gasteiger partial charge in [0, 0.05) is 29.2 Å². The van der Waals surface area contributed by atoms with Crippen LogP contribution in [0.25, 0.3) is 10.8 Å². The van der Waals surface area contributed by atoms with Crippen molar-refractivity contribution in [2.75, 3.05) is 22.5 Å². The molecule has 1 fully saturated rings.